The summed E-state index contributed by atoms with van der Waals surface area (Å²) in [7, 11) is 0. The molecule has 5 N–H and O–H groups in total. The highest BCUT2D eigenvalue weighted by Gasteiger charge is 2.42. The van der Waals surface area contributed by atoms with Gasteiger partial charge in [-0.15, -0.1) is 0 Å². The van der Waals surface area contributed by atoms with E-state index in [-0.39, 0.29) is 18.8 Å². The lowest BCUT2D eigenvalue weighted by Crippen LogP contribution is -2.58. The molecular formula is C21H34N4O7. The van der Waals surface area contributed by atoms with Gasteiger partial charge < -0.3 is 31.1 Å². The summed E-state index contributed by atoms with van der Waals surface area (Å²) in [6.07, 6.45) is 2.28. The lowest BCUT2D eigenvalue weighted by atomic mass is 9.96. The maximum Gasteiger partial charge on any atom is 0.326 e. The third-order valence-corrected chi connectivity index (χ3v) is 6.42. The average Bonchev–Trinajstić information content (AvgIpc) is 3.43. The maximum absolute atomic E-state index is 13.2. The molecule has 11 heteroatoms. The minimum atomic E-state index is -1.06. The summed E-state index contributed by atoms with van der Waals surface area (Å²) in [6.45, 7) is 4.34. The smallest absolute Gasteiger partial charge is 0.326 e. The van der Waals surface area contributed by atoms with Crippen molar-refractivity contribution < 1.29 is 34.2 Å². The Labute approximate surface area is 187 Å². The van der Waals surface area contributed by atoms with Crippen LogP contribution in [0.2, 0.25) is 0 Å². The first kappa shape index (κ1) is 25.6. The van der Waals surface area contributed by atoms with Crippen molar-refractivity contribution in [3.63, 3.8) is 0 Å². The predicted molar refractivity (Wildman–Crippen MR) is 113 cm³/mol. The molecule has 3 amide bonds. The van der Waals surface area contributed by atoms with Crippen LogP contribution in [0.3, 0.4) is 0 Å². The van der Waals surface area contributed by atoms with Crippen LogP contribution in [0.5, 0.6) is 0 Å². The van der Waals surface area contributed by atoms with Gasteiger partial charge >= 0.3 is 11.9 Å². The van der Waals surface area contributed by atoms with Crippen molar-refractivity contribution in [1.29, 1.82) is 0 Å². The zero-order valence-electron chi connectivity index (χ0n) is 18.7. The second-order valence-electron chi connectivity index (χ2n) is 8.63. The van der Waals surface area contributed by atoms with Gasteiger partial charge in [0.1, 0.15) is 18.1 Å². The number of rotatable bonds is 10. The molecule has 0 aliphatic carbocycles. The van der Waals surface area contributed by atoms with Gasteiger partial charge in [-0.25, -0.2) is 4.79 Å². The van der Waals surface area contributed by atoms with Crippen molar-refractivity contribution in [2.75, 3.05) is 13.1 Å². The molecule has 5 atom stereocenters. The summed E-state index contributed by atoms with van der Waals surface area (Å²) in [6, 6.07) is -3.62. The molecule has 2 rings (SSSR count). The molecule has 2 aliphatic rings. The molecule has 2 fully saturated rings. The molecule has 5 unspecified atom stereocenters. The number of amides is 3. The molecule has 2 heterocycles. The minimum Gasteiger partial charge on any atom is -0.481 e. The van der Waals surface area contributed by atoms with Crippen molar-refractivity contribution in [2.45, 2.75) is 83.0 Å². The highest BCUT2D eigenvalue weighted by atomic mass is 16.4. The highest BCUT2D eigenvalue weighted by molar-refractivity contribution is 5.94. The zero-order valence-corrected chi connectivity index (χ0v) is 18.7. The fraction of sp³-hybridized carbons (Fsp3) is 0.762. The molecule has 0 aromatic heterocycles. The molecule has 180 valence electrons. The standard InChI is InChI=1S/C21H34N4O7/c1-3-12(2)17(20(30)25-11-5-7-15(25)21(31)32)23-18(28)14-6-4-10-24(14)19(29)13(22)8-9-16(26)27/h12-15,17H,3-11,22H2,1-2H3,(H,23,28)(H,26,27)(H,31,32). The fourth-order valence-electron chi connectivity index (χ4n) is 4.32. The first-order valence-corrected chi connectivity index (χ1v) is 11.2. The van der Waals surface area contributed by atoms with Crippen molar-refractivity contribution in [3.8, 4) is 0 Å². The van der Waals surface area contributed by atoms with Crippen LogP contribution >= 0.6 is 0 Å². The van der Waals surface area contributed by atoms with Crippen LogP contribution in [0, 0.1) is 5.92 Å². The number of carboxylic acid groups (broad SMARTS) is 2. The predicted octanol–water partition coefficient (Wildman–Crippen LogP) is -0.224. The summed E-state index contributed by atoms with van der Waals surface area (Å²) in [5.74, 6) is -3.74. The number of hydrogen-bond acceptors (Lipinski definition) is 6. The summed E-state index contributed by atoms with van der Waals surface area (Å²) in [5.41, 5.74) is 5.85. The Kier molecular flexibility index (Phi) is 8.99. The number of carbonyl (C=O) groups is 5. The van der Waals surface area contributed by atoms with Gasteiger partial charge in [0.15, 0.2) is 0 Å². The van der Waals surface area contributed by atoms with Gasteiger partial charge in [-0.05, 0) is 38.0 Å². The number of carbonyl (C=O) groups excluding carboxylic acids is 3. The van der Waals surface area contributed by atoms with Gasteiger partial charge in [-0.3, -0.25) is 19.2 Å². The molecular weight excluding hydrogens is 420 g/mol. The van der Waals surface area contributed by atoms with E-state index in [0.29, 0.717) is 45.2 Å². The number of nitrogens with zero attached hydrogens (tertiary/aromatic N) is 2. The molecule has 0 aromatic carbocycles. The van der Waals surface area contributed by atoms with Crippen molar-refractivity contribution >= 4 is 29.7 Å². The molecule has 0 saturated carbocycles. The van der Waals surface area contributed by atoms with Gasteiger partial charge in [-0.1, -0.05) is 20.3 Å². The Morgan fingerprint density at radius 2 is 1.56 bits per heavy atom. The van der Waals surface area contributed by atoms with E-state index < -0.39 is 53.8 Å². The molecule has 0 bridgehead atoms. The van der Waals surface area contributed by atoms with Crippen LogP contribution in [-0.2, 0) is 24.0 Å². The summed E-state index contributed by atoms with van der Waals surface area (Å²) in [4.78, 5) is 63.9. The number of aliphatic carboxylic acids is 2. The second kappa shape index (κ2) is 11.3. The van der Waals surface area contributed by atoms with Crippen LogP contribution in [-0.4, -0.2) is 86.9 Å². The Morgan fingerprint density at radius 3 is 2.09 bits per heavy atom. The lowest BCUT2D eigenvalue weighted by Gasteiger charge is -2.32. The van der Waals surface area contributed by atoms with Crippen LogP contribution in [0.15, 0.2) is 0 Å². The van der Waals surface area contributed by atoms with Crippen LogP contribution in [0.4, 0.5) is 0 Å². The van der Waals surface area contributed by atoms with Crippen LogP contribution < -0.4 is 11.1 Å². The van der Waals surface area contributed by atoms with Gasteiger partial charge in [0.05, 0.1) is 6.04 Å². The van der Waals surface area contributed by atoms with Gasteiger partial charge in [-0.2, -0.15) is 0 Å². The van der Waals surface area contributed by atoms with Gasteiger partial charge in [0, 0.05) is 19.5 Å². The molecule has 32 heavy (non-hydrogen) atoms. The van der Waals surface area contributed by atoms with Crippen LogP contribution in [0.25, 0.3) is 0 Å². The number of nitrogens with two attached hydrogens (primary N) is 1. The van der Waals surface area contributed by atoms with E-state index >= 15 is 0 Å². The largest absolute Gasteiger partial charge is 0.481 e. The Hall–Kier alpha value is -2.69. The van der Waals surface area contributed by atoms with E-state index in [0.717, 1.165) is 0 Å². The third kappa shape index (κ3) is 5.96. The van der Waals surface area contributed by atoms with Crippen molar-refractivity contribution in [3.05, 3.63) is 0 Å². The molecule has 2 saturated heterocycles. The number of likely N-dealkylation sites (tertiary alicyclic amines) is 2. The number of hydrogen-bond donors (Lipinski definition) is 4. The first-order valence-electron chi connectivity index (χ1n) is 11.2. The Bertz CT molecular complexity index is 744. The average molecular weight is 455 g/mol. The molecule has 0 radical (unpaired) electrons. The molecule has 0 spiro atoms. The van der Waals surface area contributed by atoms with E-state index in [4.69, 9.17) is 10.8 Å². The minimum absolute atomic E-state index is 0.0292. The van der Waals surface area contributed by atoms with Gasteiger partial charge in [0.25, 0.3) is 0 Å². The fourth-order valence-corrected chi connectivity index (χ4v) is 4.32. The Balaban J connectivity index is 2.11. The topological polar surface area (TPSA) is 170 Å². The lowest BCUT2D eigenvalue weighted by molar-refractivity contribution is -0.150. The van der Waals surface area contributed by atoms with E-state index in [1.165, 1.54) is 9.80 Å². The SMILES string of the molecule is CCC(C)C(NC(=O)C1CCCN1C(=O)C(N)CCC(=O)O)C(=O)N1CCCC1C(=O)O. The number of carboxylic acids is 2. The van der Waals surface area contributed by atoms with Crippen molar-refractivity contribution in [1.82, 2.24) is 15.1 Å². The Morgan fingerprint density at radius 1 is 1.00 bits per heavy atom. The van der Waals surface area contributed by atoms with E-state index in [1.807, 2.05) is 13.8 Å². The second-order valence-corrected chi connectivity index (χ2v) is 8.63. The highest BCUT2D eigenvalue weighted by Crippen LogP contribution is 2.23. The monoisotopic (exact) mass is 454 g/mol. The van der Waals surface area contributed by atoms with E-state index in [2.05, 4.69) is 5.32 Å². The summed E-state index contributed by atoms with van der Waals surface area (Å²) < 4.78 is 0. The van der Waals surface area contributed by atoms with Crippen LogP contribution in [0.1, 0.15) is 58.8 Å². The quantitative estimate of drug-likeness (QED) is 0.351. The van der Waals surface area contributed by atoms with E-state index in [1.54, 1.807) is 0 Å². The van der Waals surface area contributed by atoms with Crippen molar-refractivity contribution in [2.24, 2.45) is 11.7 Å². The molecule has 11 nitrogen and oxygen atoms in total. The van der Waals surface area contributed by atoms with Gasteiger partial charge in [0.2, 0.25) is 17.7 Å². The zero-order chi connectivity index (χ0) is 24.0. The molecule has 2 aliphatic heterocycles. The third-order valence-electron chi connectivity index (χ3n) is 6.42. The maximum atomic E-state index is 13.2. The summed E-state index contributed by atoms with van der Waals surface area (Å²) in [5, 5.41) is 21.0. The van der Waals surface area contributed by atoms with E-state index in [9.17, 15) is 29.1 Å². The first-order chi connectivity index (χ1) is 15.1. The normalized spacial score (nSPS) is 23.5. The number of nitrogens with one attached hydrogen (secondary N) is 1. The summed E-state index contributed by atoms with van der Waals surface area (Å²) >= 11 is 0. The molecule has 0 aromatic rings.